The molecule has 0 aliphatic carbocycles. The van der Waals surface area contributed by atoms with Crippen molar-refractivity contribution in [3.05, 3.63) is 20.8 Å². The molecule has 0 fully saturated rings. The average molecular weight is 304 g/mol. The second-order valence-corrected chi connectivity index (χ2v) is 5.98. The molecule has 5 heteroatoms. The number of halogens is 1. The monoisotopic (exact) mass is 303 g/mol. The van der Waals surface area contributed by atoms with Crippen molar-refractivity contribution in [3.8, 4) is 0 Å². The van der Waals surface area contributed by atoms with Crippen molar-refractivity contribution in [2.75, 3.05) is 6.54 Å². The Morgan fingerprint density at radius 3 is 2.75 bits per heavy atom. The summed E-state index contributed by atoms with van der Waals surface area (Å²) < 4.78 is 1.14. The molecule has 0 radical (unpaired) electrons. The minimum absolute atomic E-state index is 0.262. The van der Waals surface area contributed by atoms with Crippen LogP contribution in [0.3, 0.4) is 0 Å². The molecule has 1 aromatic heterocycles. The van der Waals surface area contributed by atoms with Gasteiger partial charge in [0.15, 0.2) is 0 Å². The number of nitrogens with two attached hydrogens (primary N) is 1. The highest BCUT2D eigenvalue weighted by Gasteiger charge is 2.11. The van der Waals surface area contributed by atoms with Crippen molar-refractivity contribution >= 4 is 33.1 Å². The molecule has 0 aliphatic heterocycles. The number of thiophene rings is 1. The Hall–Kier alpha value is -0.390. The summed E-state index contributed by atoms with van der Waals surface area (Å²) in [6.07, 6.45) is 0.644. The van der Waals surface area contributed by atoms with Crippen molar-refractivity contribution < 1.29 is 0 Å². The van der Waals surface area contributed by atoms with E-state index in [9.17, 15) is 0 Å². The maximum Gasteiger partial charge on any atom is 0.0918 e. The van der Waals surface area contributed by atoms with Crippen molar-refractivity contribution in [2.45, 2.75) is 32.9 Å². The van der Waals surface area contributed by atoms with Gasteiger partial charge in [-0.05, 0) is 35.8 Å². The van der Waals surface area contributed by atoms with E-state index in [0.717, 1.165) is 17.6 Å². The lowest BCUT2D eigenvalue weighted by Gasteiger charge is -2.25. The summed E-state index contributed by atoms with van der Waals surface area (Å²) in [5.41, 5.74) is 5.39. The molecule has 16 heavy (non-hydrogen) atoms. The summed E-state index contributed by atoms with van der Waals surface area (Å²) in [5.74, 6) is 0.262. The molecule has 1 heterocycles. The molecular weight excluding hydrogens is 286 g/mol. The molecular formula is C11H18BrN3S. The maximum atomic E-state index is 7.26. The first-order valence-corrected chi connectivity index (χ1v) is 6.96. The van der Waals surface area contributed by atoms with Gasteiger partial charge in [-0.2, -0.15) is 0 Å². The van der Waals surface area contributed by atoms with Crippen LogP contribution in [0.4, 0.5) is 0 Å². The van der Waals surface area contributed by atoms with Crippen molar-refractivity contribution in [1.82, 2.24) is 4.90 Å². The Morgan fingerprint density at radius 1 is 1.62 bits per heavy atom. The molecule has 0 atom stereocenters. The summed E-state index contributed by atoms with van der Waals surface area (Å²) in [6, 6.07) is 2.62. The number of rotatable bonds is 6. The number of hydrogen-bond donors (Lipinski definition) is 2. The normalized spacial score (nSPS) is 11.3. The highest BCUT2D eigenvalue weighted by atomic mass is 79.9. The lowest BCUT2D eigenvalue weighted by atomic mass is 10.2. The minimum Gasteiger partial charge on any atom is -0.388 e. The standard InChI is InChI=1S/C11H18BrN3S/c1-8(2)15(4-3-11(13)14)6-10-5-9(12)7-16-10/h5,7-8H,3-4,6H2,1-2H3,(H3,13,14). The third-order valence-electron chi connectivity index (χ3n) is 2.38. The van der Waals surface area contributed by atoms with E-state index in [-0.39, 0.29) is 5.84 Å². The molecule has 0 unspecified atom stereocenters. The number of hydrogen-bond acceptors (Lipinski definition) is 3. The highest BCUT2D eigenvalue weighted by molar-refractivity contribution is 9.10. The third-order valence-corrected chi connectivity index (χ3v) is 4.06. The molecule has 0 saturated carbocycles. The van der Waals surface area contributed by atoms with Gasteiger partial charge in [-0.15, -0.1) is 11.3 Å². The van der Waals surface area contributed by atoms with E-state index in [1.54, 1.807) is 11.3 Å². The number of amidine groups is 1. The summed E-state index contributed by atoms with van der Waals surface area (Å²) in [4.78, 5) is 3.67. The molecule has 1 aromatic rings. The summed E-state index contributed by atoms with van der Waals surface area (Å²) >= 11 is 5.22. The summed E-state index contributed by atoms with van der Waals surface area (Å²) in [6.45, 7) is 6.12. The van der Waals surface area contributed by atoms with E-state index in [4.69, 9.17) is 11.1 Å². The van der Waals surface area contributed by atoms with Gasteiger partial charge in [-0.3, -0.25) is 10.3 Å². The van der Waals surface area contributed by atoms with E-state index in [1.165, 1.54) is 4.88 Å². The van der Waals surface area contributed by atoms with Gasteiger partial charge >= 0.3 is 0 Å². The second kappa shape index (κ2) is 6.37. The Balaban J connectivity index is 2.54. The SMILES string of the molecule is CC(C)N(CCC(=N)N)Cc1cc(Br)cs1. The lowest BCUT2D eigenvalue weighted by molar-refractivity contribution is 0.221. The Bertz CT molecular complexity index is 349. The van der Waals surface area contributed by atoms with Crippen LogP contribution in [-0.2, 0) is 6.54 Å². The fourth-order valence-electron chi connectivity index (χ4n) is 1.42. The maximum absolute atomic E-state index is 7.26. The largest absolute Gasteiger partial charge is 0.388 e. The average Bonchev–Trinajstić information content (AvgIpc) is 2.57. The molecule has 90 valence electrons. The van der Waals surface area contributed by atoms with E-state index < -0.39 is 0 Å². The molecule has 0 spiro atoms. The van der Waals surface area contributed by atoms with Crippen LogP contribution in [0.2, 0.25) is 0 Å². The van der Waals surface area contributed by atoms with E-state index in [0.29, 0.717) is 12.5 Å². The van der Waals surface area contributed by atoms with Gasteiger partial charge in [0.2, 0.25) is 0 Å². The molecule has 3 N–H and O–H groups in total. The van der Waals surface area contributed by atoms with Crippen LogP contribution in [-0.4, -0.2) is 23.3 Å². The van der Waals surface area contributed by atoms with Crippen LogP contribution >= 0.6 is 27.3 Å². The molecule has 0 saturated heterocycles. The predicted molar refractivity (Wildman–Crippen MR) is 74.1 cm³/mol. The molecule has 0 aliphatic rings. The van der Waals surface area contributed by atoms with Gasteiger partial charge < -0.3 is 5.73 Å². The van der Waals surface area contributed by atoms with Gasteiger partial charge in [0.1, 0.15) is 0 Å². The van der Waals surface area contributed by atoms with Crippen LogP contribution in [0, 0.1) is 5.41 Å². The number of nitrogens with zero attached hydrogens (tertiary/aromatic N) is 1. The third kappa shape index (κ3) is 4.63. The highest BCUT2D eigenvalue weighted by Crippen LogP contribution is 2.21. The predicted octanol–water partition coefficient (Wildman–Crippen LogP) is 3.05. The first-order valence-electron chi connectivity index (χ1n) is 5.29. The first kappa shape index (κ1) is 13.7. The van der Waals surface area contributed by atoms with Gasteiger partial charge in [0.25, 0.3) is 0 Å². The molecule has 1 rings (SSSR count). The van der Waals surface area contributed by atoms with Gasteiger partial charge in [0.05, 0.1) is 5.84 Å². The van der Waals surface area contributed by atoms with Crippen LogP contribution < -0.4 is 5.73 Å². The molecule has 0 aromatic carbocycles. The Morgan fingerprint density at radius 2 is 2.31 bits per heavy atom. The quantitative estimate of drug-likeness (QED) is 0.627. The lowest BCUT2D eigenvalue weighted by Crippen LogP contribution is -2.33. The van der Waals surface area contributed by atoms with Crippen molar-refractivity contribution in [1.29, 1.82) is 5.41 Å². The second-order valence-electron chi connectivity index (χ2n) is 4.07. The zero-order valence-corrected chi connectivity index (χ0v) is 12.1. The zero-order valence-electron chi connectivity index (χ0n) is 9.66. The van der Waals surface area contributed by atoms with Crippen molar-refractivity contribution in [2.24, 2.45) is 5.73 Å². The van der Waals surface area contributed by atoms with Gasteiger partial charge in [-0.1, -0.05) is 0 Å². The molecule has 3 nitrogen and oxygen atoms in total. The minimum atomic E-state index is 0.262. The fourth-order valence-corrected chi connectivity index (χ4v) is 2.90. The topological polar surface area (TPSA) is 53.1 Å². The first-order chi connectivity index (χ1) is 7.49. The van der Waals surface area contributed by atoms with Crippen LogP contribution in [0.5, 0.6) is 0 Å². The van der Waals surface area contributed by atoms with E-state index in [1.807, 2.05) is 0 Å². The van der Waals surface area contributed by atoms with E-state index >= 15 is 0 Å². The smallest absolute Gasteiger partial charge is 0.0918 e. The van der Waals surface area contributed by atoms with Gasteiger partial charge in [0, 0.05) is 40.3 Å². The summed E-state index contributed by atoms with van der Waals surface area (Å²) in [5, 5.41) is 9.35. The number of nitrogens with one attached hydrogen (secondary N) is 1. The summed E-state index contributed by atoms with van der Waals surface area (Å²) in [7, 11) is 0. The van der Waals surface area contributed by atoms with Crippen LogP contribution in [0.1, 0.15) is 25.1 Å². The van der Waals surface area contributed by atoms with E-state index in [2.05, 4.69) is 46.1 Å². The van der Waals surface area contributed by atoms with Crippen LogP contribution in [0.25, 0.3) is 0 Å². The van der Waals surface area contributed by atoms with Gasteiger partial charge in [-0.25, -0.2) is 0 Å². The fraction of sp³-hybridized carbons (Fsp3) is 0.545. The Labute approximate surface area is 109 Å². The van der Waals surface area contributed by atoms with Crippen molar-refractivity contribution in [3.63, 3.8) is 0 Å². The zero-order chi connectivity index (χ0) is 12.1. The van der Waals surface area contributed by atoms with Crippen LogP contribution in [0.15, 0.2) is 15.9 Å². The molecule has 0 amide bonds. The molecule has 0 bridgehead atoms. The Kier molecular flexibility index (Phi) is 5.44.